The highest BCUT2D eigenvalue weighted by atomic mass is 35.5. The molecular weight excluding hydrogens is 689 g/mol. The molecule has 16 heteroatoms. The fourth-order valence-corrected chi connectivity index (χ4v) is 7.93. The van der Waals surface area contributed by atoms with Crippen LogP contribution in [0, 0.1) is 0 Å². The molecule has 3 aliphatic heterocycles. The molecule has 1 atom stereocenters. The molecule has 3 aliphatic rings. The highest BCUT2D eigenvalue weighted by molar-refractivity contribution is 6.33. The average molecular weight is 729 g/mol. The number of alkyl halides is 3. The van der Waals surface area contributed by atoms with E-state index < -0.39 is 35.5 Å². The number of amides is 2. The van der Waals surface area contributed by atoms with Crippen molar-refractivity contribution >= 4 is 51.2 Å². The van der Waals surface area contributed by atoms with Crippen LogP contribution in [0.3, 0.4) is 0 Å². The van der Waals surface area contributed by atoms with Crippen molar-refractivity contribution in [2.45, 2.75) is 56.5 Å². The third-order valence-corrected chi connectivity index (χ3v) is 10.8. The number of aromatic nitrogens is 3. The normalized spacial score (nSPS) is 19.1. The van der Waals surface area contributed by atoms with E-state index in [0.717, 1.165) is 42.9 Å². The van der Waals surface area contributed by atoms with E-state index in [2.05, 4.69) is 20.2 Å². The van der Waals surface area contributed by atoms with Crippen molar-refractivity contribution in [3.63, 3.8) is 0 Å². The Morgan fingerprint density at radius 1 is 0.980 bits per heavy atom. The molecule has 5 heterocycles. The summed E-state index contributed by atoms with van der Waals surface area (Å²) in [6.45, 7) is 4.47. The molecule has 0 spiro atoms. The Balaban J connectivity index is 1.07. The number of carbonyl (C=O) groups is 2. The summed E-state index contributed by atoms with van der Waals surface area (Å²) in [5, 5.41) is 3.89. The molecule has 3 fully saturated rings. The van der Waals surface area contributed by atoms with E-state index in [9.17, 15) is 27.6 Å². The van der Waals surface area contributed by atoms with Gasteiger partial charge in [0.2, 0.25) is 0 Å². The van der Waals surface area contributed by atoms with Crippen LogP contribution in [0.25, 0.3) is 21.9 Å². The molecule has 4 N–H and O–H groups in total. The predicted octanol–water partition coefficient (Wildman–Crippen LogP) is 4.41. The second kappa shape index (κ2) is 14.4. The Bertz CT molecular complexity index is 1980. The highest BCUT2D eigenvalue weighted by Crippen LogP contribution is 2.38. The van der Waals surface area contributed by atoms with Gasteiger partial charge in [-0.15, -0.1) is 0 Å². The summed E-state index contributed by atoms with van der Waals surface area (Å²) >= 11 is 6.11. The number of fused-ring (bicyclic) bond motifs is 3. The number of benzene rings is 2. The van der Waals surface area contributed by atoms with Crippen LogP contribution in [0.15, 0.2) is 47.4 Å². The maximum Gasteiger partial charge on any atom is 0.418 e. The lowest BCUT2D eigenvalue weighted by Crippen LogP contribution is -2.56. The van der Waals surface area contributed by atoms with E-state index >= 15 is 0 Å². The average Bonchev–Trinajstić information content (AvgIpc) is 3.48. The number of nitrogens with zero attached hydrogens (tertiary/aromatic N) is 5. The molecule has 0 unspecified atom stereocenters. The van der Waals surface area contributed by atoms with E-state index in [0.29, 0.717) is 56.1 Å². The Hall–Kier alpha value is -4.34. The third-order valence-electron chi connectivity index (χ3n) is 10.4. The number of nitrogens with one attached hydrogen (secondary N) is 2. The van der Waals surface area contributed by atoms with Gasteiger partial charge in [-0.05, 0) is 62.5 Å². The van der Waals surface area contributed by atoms with Crippen molar-refractivity contribution in [2.24, 2.45) is 0 Å². The number of ether oxygens (including phenoxy) is 1. The summed E-state index contributed by atoms with van der Waals surface area (Å²) in [4.78, 5) is 53.6. The van der Waals surface area contributed by atoms with Gasteiger partial charge in [-0.25, -0.2) is 9.59 Å². The number of hydrogen-bond donors (Lipinski definition) is 3. The summed E-state index contributed by atoms with van der Waals surface area (Å²) in [6.07, 6.45) is -2.64. The lowest BCUT2D eigenvalue weighted by molar-refractivity contribution is -0.143. The highest BCUT2D eigenvalue weighted by Gasteiger charge is 2.37. The van der Waals surface area contributed by atoms with Gasteiger partial charge in [-0.3, -0.25) is 19.2 Å². The molecule has 3 saturated heterocycles. The second-order valence-electron chi connectivity index (χ2n) is 13.5. The molecule has 0 bridgehead atoms. The smallest absolute Gasteiger partial charge is 0.418 e. The molecule has 272 valence electrons. The van der Waals surface area contributed by atoms with Gasteiger partial charge in [0.1, 0.15) is 0 Å². The molecule has 2 aromatic heterocycles. The number of piperazine rings is 1. The van der Waals surface area contributed by atoms with Crippen molar-refractivity contribution in [1.82, 2.24) is 34.6 Å². The number of halogens is 4. The molecule has 0 saturated carbocycles. The number of imidazole rings is 1. The van der Waals surface area contributed by atoms with Gasteiger partial charge >= 0.3 is 18.0 Å². The summed E-state index contributed by atoms with van der Waals surface area (Å²) in [5.74, 6) is -0.477. The number of anilines is 1. The zero-order valence-corrected chi connectivity index (χ0v) is 28.7. The number of hydrogen-bond acceptors (Lipinski definition) is 8. The van der Waals surface area contributed by atoms with E-state index in [1.54, 1.807) is 15.7 Å². The maximum atomic E-state index is 14.0. The standard InChI is InChI=1S/C35H40ClF3N8O4/c36-26-18-21(17-25(30(26)40)35(37,38)39)19-29(32(48)45-15-13-44(14-16-45)22-5-9-41-10-6-22)51-34(50)46-11-7-23(8-12-46)47-28-20-42-27-4-2-1-3-24(27)31(28)43-33(47)49/h1-4,17-18,20,22-23,29,41H,5-16,19,40H2,(H,43,49)/t29-/m1/s1. The van der Waals surface area contributed by atoms with Crippen LogP contribution in [0.1, 0.15) is 42.9 Å². The largest absolute Gasteiger partial charge is 0.436 e. The number of likely N-dealkylation sites (tertiary alicyclic amines) is 1. The van der Waals surface area contributed by atoms with Crippen LogP contribution in [-0.4, -0.2) is 106 Å². The molecule has 12 nitrogen and oxygen atoms in total. The minimum absolute atomic E-state index is 0.0690. The number of H-pyrrole nitrogens is 1. The molecule has 0 aliphatic carbocycles. The Morgan fingerprint density at radius 2 is 1.69 bits per heavy atom. The Morgan fingerprint density at radius 3 is 2.39 bits per heavy atom. The number of para-hydroxylation sites is 1. The zero-order chi connectivity index (χ0) is 35.9. The SMILES string of the molecule is Nc1c(Cl)cc(C[C@@H](OC(=O)N2CCC(n3c(=O)[nH]c4c5ccccc5ncc43)CC2)C(=O)N2CCN(C3CCNCC3)CC2)cc1C(F)(F)F. The van der Waals surface area contributed by atoms with Crippen molar-refractivity contribution in [3.8, 4) is 0 Å². The first-order valence-electron chi connectivity index (χ1n) is 17.3. The molecule has 4 aromatic rings. The number of nitrogen functional groups attached to an aromatic ring is 1. The summed E-state index contributed by atoms with van der Waals surface area (Å²) < 4.78 is 49.0. The van der Waals surface area contributed by atoms with Gasteiger partial charge in [0.15, 0.2) is 6.10 Å². The van der Waals surface area contributed by atoms with E-state index in [4.69, 9.17) is 22.1 Å². The van der Waals surface area contributed by atoms with Gasteiger partial charge in [0.05, 0.1) is 39.0 Å². The summed E-state index contributed by atoms with van der Waals surface area (Å²) in [5.41, 5.74) is 5.86. The monoisotopic (exact) mass is 728 g/mol. The molecular formula is C35H40ClF3N8O4. The van der Waals surface area contributed by atoms with Crippen molar-refractivity contribution in [3.05, 3.63) is 69.2 Å². The van der Waals surface area contributed by atoms with Crippen LogP contribution < -0.4 is 16.7 Å². The number of piperidine rings is 2. The van der Waals surface area contributed by atoms with E-state index in [-0.39, 0.29) is 41.8 Å². The molecule has 2 amide bonds. The van der Waals surface area contributed by atoms with Crippen LogP contribution in [-0.2, 0) is 22.1 Å². The topological polar surface area (TPSA) is 142 Å². The summed E-state index contributed by atoms with van der Waals surface area (Å²) in [7, 11) is 0. The number of rotatable bonds is 6. The fraction of sp³-hybridized carbons (Fsp3) is 0.486. The van der Waals surface area contributed by atoms with E-state index in [1.165, 1.54) is 11.0 Å². The van der Waals surface area contributed by atoms with Gasteiger partial charge in [0, 0.05) is 63.2 Å². The first-order chi connectivity index (χ1) is 24.5. The van der Waals surface area contributed by atoms with Crippen molar-refractivity contribution < 1.29 is 27.5 Å². The third kappa shape index (κ3) is 7.24. The quantitative estimate of drug-likeness (QED) is 0.248. The number of aromatic amines is 1. The molecule has 7 rings (SSSR count). The first-order valence-corrected chi connectivity index (χ1v) is 17.7. The zero-order valence-electron chi connectivity index (χ0n) is 27.9. The molecule has 0 radical (unpaired) electrons. The van der Waals surface area contributed by atoms with Crippen molar-refractivity contribution in [1.29, 1.82) is 0 Å². The van der Waals surface area contributed by atoms with Gasteiger partial charge in [0.25, 0.3) is 5.91 Å². The Kier molecular flexibility index (Phi) is 9.87. The molecule has 51 heavy (non-hydrogen) atoms. The predicted molar refractivity (Wildman–Crippen MR) is 187 cm³/mol. The minimum Gasteiger partial charge on any atom is -0.436 e. The lowest BCUT2D eigenvalue weighted by Gasteiger charge is -2.41. The van der Waals surface area contributed by atoms with Crippen molar-refractivity contribution in [2.75, 3.05) is 58.1 Å². The fourth-order valence-electron chi connectivity index (χ4n) is 7.69. The molecule has 2 aromatic carbocycles. The Labute approximate surface area is 296 Å². The van der Waals surface area contributed by atoms with Gasteiger partial charge in [-0.2, -0.15) is 13.2 Å². The van der Waals surface area contributed by atoms with Gasteiger partial charge in [-0.1, -0.05) is 29.8 Å². The van der Waals surface area contributed by atoms with Crippen LogP contribution in [0.4, 0.5) is 23.7 Å². The van der Waals surface area contributed by atoms with Gasteiger partial charge < -0.3 is 30.6 Å². The minimum atomic E-state index is -4.77. The number of carbonyl (C=O) groups excluding carboxylic acids is 2. The number of nitrogens with two attached hydrogens (primary N) is 1. The first kappa shape index (κ1) is 35.1. The van der Waals surface area contributed by atoms with E-state index in [1.807, 2.05) is 24.3 Å². The van der Waals surface area contributed by atoms with Crippen LogP contribution in [0.2, 0.25) is 5.02 Å². The maximum absolute atomic E-state index is 14.0. The van der Waals surface area contributed by atoms with Crippen LogP contribution in [0.5, 0.6) is 0 Å². The summed E-state index contributed by atoms with van der Waals surface area (Å²) in [6, 6.07) is 9.87. The second-order valence-corrected chi connectivity index (χ2v) is 13.9. The number of pyridine rings is 1. The lowest BCUT2D eigenvalue weighted by atomic mass is 10.0. The van der Waals surface area contributed by atoms with Crippen LogP contribution >= 0.6 is 11.6 Å².